The molecule has 0 unspecified atom stereocenters. The molecule has 0 spiro atoms. The van der Waals surface area contributed by atoms with Crippen LogP contribution in [0.15, 0.2) is 53.6 Å². The highest BCUT2D eigenvalue weighted by Gasteiger charge is 2.29. The summed E-state index contributed by atoms with van der Waals surface area (Å²) in [6, 6.07) is 13.2. The van der Waals surface area contributed by atoms with E-state index in [-0.39, 0.29) is 18.9 Å². The zero-order chi connectivity index (χ0) is 22.4. The minimum Gasteiger partial charge on any atom is -0.836 e. The average molecular weight is 443 g/mol. The van der Waals surface area contributed by atoms with Crippen LogP contribution in [0.3, 0.4) is 0 Å². The summed E-state index contributed by atoms with van der Waals surface area (Å²) < 4.78 is 11.0. The van der Waals surface area contributed by atoms with Crippen LogP contribution in [0.2, 0.25) is 5.02 Å². The zero-order valence-corrected chi connectivity index (χ0v) is 17.6. The third-order valence-corrected chi connectivity index (χ3v) is 4.45. The highest BCUT2D eigenvalue weighted by molar-refractivity contribution is 6.30. The maximum absolute atomic E-state index is 12.7. The smallest absolute Gasteiger partial charge is 0.383 e. The summed E-state index contributed by atoms with van der Waals surface area (Å²) in [5, 5.41) is 21.2. The Morgan fingerprint density at radius 1 is 1.19 bits per heavy atom. The first-order chi connectivity index (χ1) is 14.9. The van der Waals surface area contributed by atoms with Gasteiger partial charge in [-0.25, -0.2) is 4.79 Å². The van der Waals surface area contributed by atoms with Crippen molar-refractivity contribution in [2.75, 3.05) is 13.7 Å². The lowest BCUT2D eigenvalue weighted by atomic mass is 10.1. The molecule has 1 aromatic heterocycles. The Hall–Kier alpha value is -3.72. The number of ether oxygens (including phenoxy) is 2. The molecule has 2 aromatic carbocycles. The van der Waals surface area contributed by atoms with Gasteiger partial charge in [-0.3, -0.25) is 4.79 Å². The van der Waals surface area contributed by atoms with Crippen molar-refractivity contribution in [1.82, 2.24) is 10.0 Å². The molecule has 31 heavy (non-hydrogen) atoms. The fourth-order valence-corrected chi connectivity index (χ4v) is 2.77. The number of benzene rings is 2. The second-order valence-electron chi connectivity index (χ2n) is 6.26. The fourth-order valence-electron chi connectivity index (χ4n) is 2.65. The van der Waals surface area contributed by atoms with E-state index in [0.717, 1.165) is 9.47 Å². The first-order valence-electron chi connectivity index (χ1n) is 9.27. The molecule has 9 nitrogen and oxygen atoms in total. The monoisotopic (exact) mass is 442 g/mol. The van der Waals surface area contributed by atoms with Crippen LogP contribution in [0, 0.1) is 0 Å². The molecule has 3 aromatic rings. The largest absolute Gasteiger partial charge is 0.836 e. The number of ketones is 1. The van der Waals surface area contributed by atoms with Crippen molar-refractivity contribution in [3.63, 3.8) is 0 Å². The van der Waals surface area contributed by atoms with Crippen molar-refractivity contribution < 1.29 is 28.9 Å². The highest BCUT2D eigenvalue weighted by Crippen LogP contribution is 2.14. The van der Waals surface area contributed by atoms with Gasteiger partial charge in [-0.05, 0) is 65.8 Å². The van der Waals surface area contributed by atoms with Gasteiger partial charge in [0, 0.05) is 10.6 Å². The van der Waals surface area contributed by atoms with Gasteiger partial charge in [-0.15, -0.1) is 4.68 Å². The van der Waals surface area contributed by atoms with Crippen molar-refractivity contribution >= 4 is 29.6 Å². The summed E-state index contributed by atoms with van der Waals surface area (Å²) in [4.78, 5) is 25.7. The molecule has 3 rings (SSSR count). The molecule has 0 aliphatic carbocycles. The zero-order valence-electron chi connectivity index (χ0n) is 16.8. The van der Waals surface area contributed by atoms with Crippen LogP contribution in [0.5, 0.6) is 11.6 Å². The van der Waals surface area contributed by atoms with Gasteiger partial charge in [0.25, 0.3) is 5.69 Å². The van der Waals surface area contributed by atoms with Crippen LogP contribution < -0.4 is 14.5 Å². The number of carbonyl (C=O) groups excluding carboxylic acids is 2. The molecule has 0 amide bonds. The molecular weight excluding hydrogens is 424 g/mol. The number of hydrogen-bond donors (Lipinski definition) is 0. The Labute approximate surface area is 183 Å². The van der Waals surface area contributed by atoms with Crippen molar-refractivity contribution in [2.45, 2.75) is 13.5 Å². The predicted octanol–water partition coefficient (Wildman–Crippen LogP) is 1.85. The summed E-state index contributed by atoms with van der Waals surface area (Å²) in [7, 11) is 1.55. The standard InChI is InChI=1S/C21H19ClN4O5/c1-3-31-21(29)19-20(28)26(23-12-14-4-10-17(30-2)11-5-14)24-25(19)13-18(27)15-6-8-16(22)9-7-15/h4-12H,3,13H2,1-2H3. The number of rotatable bonds is 8. The lowest BCUT2D eigenvalue weighted by Crippen LogP contribution is -2.45. The summed E-state index contributed by atoms with van der Waals surface area (Å²) in [5.74, 6) is -1.38. The molecule has 0 bridgehead atoms. The van der Waals surface area contributed by atoms with Gasteiger partial charge >= 0.3 is 5.97 Å². The summed E-state index contributed by atoms with van der Waals surface area (Å²) in [6.45, 7) is 1.32. The second-order valence-corrected chi connectivity index (χ2v) is 6.69. The molecule has 0 saturated carbocycles. The number of methoxy groups -OCH3 is 1. The normalized spacial score (nSPS) is 10.9. The number of esters is 1. The maximum atomic E-state index is 12.7. The van der Waals surface area contributed by atoms with E-state index in [1.807, 2.05) is 0 Å². The van der Waals surface area contributed by atoms with Crippen LogP contribution in [0.25, 0.3) is 0 Å². The van der Waals surface area contributed by atoms with Crippen LogP contribution >= 0.6 is 11.6 Å². The minimum atomic E-state index is -0.887. The van der Waals surface area contributed by atoms with Gasteiger partial charge in [0.1, 0.15) is 11.0 Å². The molecule has 0 fully saturated rings. The van der Waals surface area contributed by atoms with Gasteiger partial charge in [-0.1, -0.05) is 16.7 Å². The summed E-state index contributed by atoms with van der Waals surface area (Å²) in [5.41, 5.74) is 0.642. The van der Waals surface area contributed by atoms with Crippen molar-refractivity contribution in [3.05, 3.63) is 70.4 Å². The molecule has 0 atom stereocenters. The quantitative estimate of drug-likeness (QED) is 0.228. The molecule has 1 heterocycles. The Balaban J connectivity index is 1.91. The van der Waals surface area contributed by atoms with Crippen LogP contribution in [-0.2, 0) is 11.3 Å². The predicted molar refractivity (Wildman–Crippen MR) is 110 cm³/mol. The SMILES string of the molecule is CCOC(=O)c1c([O-])n(N=Cc2ccc(OC)cc2)n[n+]1CC(=O)c1ccc(Cl)cc1. The Bertz CT molecular complexity index is 1110. The summed E-state index contributed by atoms with van der Waals surface area (Å²) >= 11 is 5.85. The lowest BCUT2D eigenvalue weighted by Gasteiger charge is -2.03. The van der Waals surface area contributed by atoms with Crippen LogP contribution in [0.4, 0.5) is 0 Å². The van der Waals surface area contributed by atoms with E-state index < -0.39 is 17.5 Å². The molecule has 0 aliphatic rings. The first kappa shape index (κ1) is 22.0. The van der Waals surface area contributed by atoms with Crippen molar-refractivity contribution in [1.29, 1.82) is 0 Å². The Morgan fingerprint density at radius 3 is 2.48 bits per heavy atom. The second kappa shape index (κ2) is 9.86. The van der Waals surface area contributed by atoms with Crippen LogP contribution in [0.1, 0.15) is 33.3 Å². The Kier molecular flexibility index (Phi) is 6.99. The molecule has 0 radical (unpaired) electrons. The Morgan fingerprint density at radius 2 is 1.87 bits per heavy atom. The molecular formula is C21H19ClN4O5. The number of halogens is 1. The van der Waals surface area contributed by atoms with Gasteiger partial charge < -0.3 is 14.6 Å². The van der Waals surface area contributed by atoms with E-state index in [1.54, 1.807) is 62.6 Å². The van der Waals surface area contributed by atoms with E-state index in [1.165, 1.54) is 6.21 Å². The number of nitrogens with zero attached hydrogens (tertiary/aromatic N) is 4. The minimum absolute atomic E-state index is 0.0592. The van der Waals surface area contributed by atoms with E-state index >= 15 is 0 Å². The number of Topliss-reactive ketones (excluding diaryl/α,β-unsaturated/α-hetero) is 1. The number of hydrogen-bond acceptors (Lipinski definition) is 7. The van der Waals surface area contributed by atoms with Gasteiger partial charge in [-0.2, -0.15) is 0 Å². The van der Waals surface area contributed by atoms with Crippen molar-refractivity contribution in [3.8, 4) is 11.6 Å². The highest BCUT2D eigenvalue weighted by atomic mass is 35.5. The summed E-state index contributed by atoms with van der Waals surface area (Å²) in [6.07, 6.45) is 1.40. The third-order valence-electron chi connectivity index (χ3n) is 4.20. The number of carbonyl (C=O) groups is 2. The number of aromatic nitrogens is 3. The molecule has 0 N–H and O–H groups in total. The van der Waals surface area contributed by atoms with Crippen molar-refractivity contribution in [2.24, 2.45) is 5.10 Å². The molecule has 160 valence electrons. The van der Waals surface area contributed by atoms with E-state index in [2.05, 4.69) is 10.3 Å². The van der Waals surface area contributed by atoms with E-state index in [4.69, 9.17) is 21.1 Å². The maximum Gasteiger partial charge on any atom is 0.383 e. The molecule has 0 saturated heterocycles. The van der Waals surface area contributed by atoms with Crippen LogP contribution in [-0.4, -0.2) is 41.7 Å². The van der Waals surface area contributed by atoms with Gasteiger partial charge in [0.05, 0.1) is 19.9 Å². The lowest BCUT2D eigenvalue weighted by molar-refractivity contribution is -0.745. The van der Waals surface area contributed by atoms with Gasteiger partial charge in [0.15, 0.2) is 12.4 Å². The fraction of sp³-hybridized carbons (Fsp3) is 0.190. The van der Waals surface area contributed by atoms with Gasteiger partial charge in [0.2, 0.25) is 5.78 Å². The molecule has 10 heteroatoms. The average Bonchev–Trinajstić information content (AvgIpc) is 3.08. The van der Waals surface area contributed by atoms with E-state index in [0.29, 0.717) is 21.9 Å². The third kappa shape index (κ3) is 5.26. The topological polar surface area (TPSA) is 110 Å². The van der Waals surface area contributed by atoms with E-state index in [9.17, 15) is 14.7 Å². The first-order valence-corrected chi connectivity index (χ1v) is 9.65. The molecule has 0 aliphatic heterocycles.